The third-order valence-electron chi connectivity index (χ3n) is 3.71. The van der Waals surface area contributed by atoms with Crippen molar-refractivity contribution in [1.29, 1.82) is 0 Å². The highest BCUT2D eigenvalue weighted by atomic mass is 16.1. The summed E-state index contributed by atoms with van der Waals surface area (Å²) >= 11 is 0. The molecule has 2 aromatic carbocycles. The van der Waals surface area contributed by atoms with E-state index < -0.39 is 0 Å². The molecule has 2 heteroatoms. The molecule has 0 bridgehead atoms. The van der Waals surface area contributed by atoms with Crippen molar-refractivity contribution < 1.29 is 4.79 Å². The fourth-order valence-electron chi connectivity index (χ4n) is 2.50. The third-order valence-corrected chi connectivity index (χ3v) is 3.71. The molecule has 0 aromatic heterocycles. The third kappa shape index (κ3) is 3.94. The number of benzene rings is 2. The number of ketones is 1. The minimum Gasteiger partial charge on any atom is -0.367 e. The Hall–Kier alpha value is -2.09. The summed E-state index contributed by atoms with van der Waals surface area (Å²) in [7, 11) is 1.96. The van der Waals surface area contributed by atoms with Gasteiger partial charge < -0.3 is 4.90 Å². The SMILES string of the molecule is CCc1ccc(C(=O)CN(C)c2cc(C)cc(C)c2)cc1. The standard InChI is InChI=1S/C19H23NO/c1-5-16-6-8-17(9-7-16)19(21)13-20(4)18-11-14(2)10-15(3)12-18/h6-12H,5,13H2,1-4H3. The molecular weight excluding hydrogens is 258 g/mol. The van der Waals surface area contributed by atoms with Crippen LogP contribution in [0.3, 0.4) is 0 Å². The highest BCUT2D eigenvalue weighted by Gasteiger charge is 2.10. The number of Topliss-reactive ketones (excluding diaryl/α,β-unsaturated/α-hetero) is 1. The lowest BCUT2D eigenvalue weighted by Gasteiger charge is -2.19. The first kappa shape index (κ1) is 15.3. The maximum Gasteiger partial charge on any atom is 0.182 e. The minimum absolute atomic E-state index is 0.152. The Labute approximate surface area is 127 Å². The van der Waals surface area contributed by atoms with Gasteiger partial charge in [0, 0.05) is 18.3 Å². The number of nitrogens with zero attached hydrogens (tertiary/aromatic N) is 1. The first-order valence-corrected chi connectivity index (χ1v) is 7.41. The van der Waals surface area contributed by atoms with Gasteiger partial charge in [0.2, 0.25) is 0 Å². The second kappa shape index (κ2) is 6.57. The Morgan fingerprint density at radius 1 is 1.00 bits per heavy atom. The van der Waals surface area contributed by atoms with Gasteiger partial charge in [0.05, 0.1) is 6.54 Å². The van der Waals surface area contributed by atoms with Gasteiger partial charge in [0.15, 0.2) is 5.78 Å². The summed E-state index contributed by atoms with van der Waals surface area (Å²) in [6, 6.07) is 14.3. The van der Waals surface area contributed by atoms with E-state index in [2.05, 4.69) is 39.0 Å². The topological polar surface area (TPSA) is 20.3 Å². The molecule has 0 heterocycles. The number of hydrogen-bond donors (Lipinski definition) is 0. The predicted octanol–water partition coefficient (Wildman–Crippen LogP) is 4.18. The highest BCUT2D eigenvalue weighted by molar-refractivity contribution is 5.99. The molecule has 0 atom stereocenters. The molecule has 0 N–H and O–H groups in total. The van der Waals surface area contributed by atoms with Gasteiger partial charge in [0.25, 0.3) is 0 Å². The summed E-state index contributed by atoms with van der Waals surface area (Å²) in [4.78, 5) is 14.4. The van der Waals surface area contributed by atoms with Gasteiger partial charge in [-0.2, -0.15) is 0 Å². The van der Waals surface area contributed by atoms with E-state index in [1.165, 1.54) is 16.7 Å². The van der Waals surface area contributed by atoms with Gasteiger partial charge in [-0.05, 0) is 49.1 Å². The van der Waals surface area contributed by atoms with Crippen LogP contribution < -0.4 is 4.90 Å². The molecule has 0 fully saturated rings. The molecule has 0 aliphatic rings. The molecule has 0 saturated heterocycles. The molecule has 0 aliphatic heterocycles. The van der Waals surface area contributed by atoms with E-state index in [4.69, 9.17) is 0 Å². The lowest BCUT2D eigenvalue weighted by atomic mass is 10.1. The number of aryl methyl sites for hydroxylation is 3. The Morgan fingerprint density at radius 2 is 1.57 bits per heavy atom. The number of carbonyl (C=O) groups excluding carboxylic acids is 1. The molecule has 0 unspecified atom stereocenters. The Kier molecular flexibility index (Phi) is 4.79. The van der Waals surface area contributed by atoms with Crippen molar-refractivity contribution in [1.82, 2.24) is 0 Å². The molecule has 110 valence electrons. The minimum atomic E-state index is 0.152. The van der Waals surface area contributed by atoms with Crippen molar-refractivity contribution in [2.24, 2.45) is 0 Å². The van der Waals surface area contributed by atoms with Gasteiger partial charge in [-0.1, -0.05) is 37.3 Å². The van der Waals surface area contributed by atoms with E-state index in [0.29, 0.717) is 6.54 Å². The van der Waals surface area contributed by atoms with Gasteiger partial charge in [-0.25, -0.2) is 0 Å². The van der Waals surface area contributed by atoms with E-state index in [-0.39, 0.29) is 5.78 Å². The normalized spacial score (nSPS) is 10.5. The van der Waals surface area contributed by atoms with E-state index in [1.54, 1.807) is 0 Å². The number of likely N-dealkylation sites (N-methyl/N-ethyl adjacent to an activating group) is 1. The van der Waals surface area contributed by atoms with E-state index in [9.17, 15) is 4.79 Å². The number of hydrogen-bond acceptors (Lipinski definition) is 2. The summed E-state index contributed by atoms with van der Waals surface area (Å²) < 4.78 is 0. The zero-order valence-electron chi connectivity index (χ0n) is 13.3. The summed E-state index contributed by atoms with van der Waals surface area (Å²) in [5.74, 6) is 0.152. The second-order valence-corrected chi connectivity index (χ2v) is 5.68. The summed E-state index contributed by atoms with van der Waals surface area (Å²) in [6.45, 7) is 6.67. The molecule has 2 nitrogen and oxygen atoms in total. The van der Waals surface area contributed by atoms with Crippen molar-refractivity contribution >= 4 is 11.5 Å². The van der Waals surface area contributed by atoms with Crippen molar-refractivity contribution in [3.8, 4) is 0 Å². The summed E-state index contributed by atoms with van der Waals surface area (Å²) in [5, 5.41) is 0. The van der Waals surface area contributed by atoms with Crippen LogP contribution in [-0.2, 0) is 6.42 Å². The van der Waals surface area contributed by atoms with Crippen LogP contribution in [-0.4, -0.2) is 19.4 Å². The van der Waals surface area contributed by atoms with Crippen LogP contribution in [0.1, 0.15) is 34.0 Å². The van der Waals surface area contributed by atoms with Crippen molar-refractivity contribution in [2.75, 3.05) is 18.5 Å². The van der Waals surface area contributed by atoms with Crippen LogP contribution in [0.25, 0.3) is 0 Å². The molecule has 0 spiro atoms. The zero-order chi connectivity index (χ0) is 15.4. The zero-order valence-corrected chi connectivity index (χ0v) is 13.3. The van der Waals surface area contributed by atoms with Gasteiger partial charge in [-0.3, -0.25) is 4.79 Å². The summed E-state index contributed by atoms with van der Waals surface area (Å²) in [6.07, 6.45) is 0.997. The largest absolute Gasteiger partial charge is 0.367 e. The molecule has 0 radical (unpaired) electrons. The monoisotopic (exact) mass is 281 g/mol. The first-order chi connectivity index (χ1) is 9.99. The first-order valence-electron chi connectivity index (χ1n) is 7.41. The lowest BCUT2D eigenvalue weighted by molar-refractivity contribution is 0.100. The Bertz CT molecular complexity index is 608. The maximum atomic E-state index is 12.4. The van der Waals surface area contributed by atoms with Crippen LogP contribution in [0.4, 0.5) is 5.69 Å². The van der Waals surface area contributed by atoms with Crippen LogP contribution in [0.15, 0.2) is 42.5 Å². The average Bonchev–Trinajstić information content (AvgIpc) is 2.46. The van der Waals surface area contributed by atoms with Gasteiger partial charge in [-0.15, -0.1) is 0 Å². The highest BCUT2D eigenvalue weighted by Crippen LogP contribution is 2.18. The summed E-state index contributed by atoms with van der Waals surface area (Å²) in [5.41, 5.74) is 5.57. The Balaban J connectivity index is 2.10. The molecule has 0 aliphatic carbocycles. The van der Waals surface area contributed by atoms with Crippen LogP contribution in [0, 0.1) is 13.8 Å². The van der Waals surface area contributed by atoms with Crippen molar-refractivity contribution in [3.63, 3.8) is 0 Å². The van der Waals surface area contributed by atoms with Crippen LogP contribution >= 0.6 is 0 Å². The quantitative estimate of drug-likeness (QED) is 0.766. The van der Waals surface area contributed by atoms with Crippen molar-refractivity contribution in [3.05, 3.63) is 64.7 Å². The number of rotatable bonds is 5. The molecular formula is C19H23NO. The Morgan fingerprint density at radius 3 is 2.10 bits per heavy atom. The van der Waals surface area contributed by atoms with Gasteiger partial charge in [0.1, 0.15) is 0 Å². The average molecular weight is 281 g/mol. The fraction of sp³-hybridized carbons (Fsp3) is 0.316. The molecule has 2 aromatic rings. The lowest BCUT2D eigenvalue weighted by Crippen LogP contribution is -2.25. The molecule has 21 heavy (non-hydrogen) atoms. The molecule has 0 saturated carbocycles. The maximum absolute atomic E-state index is 12.4. The number of anilines is 1. The van der Waals surface area contributed by atoms with Gasteiger partial charge >= 0.3 is 0 Å². The van der Waals surface area contributed by atoms with E-state index in [1.807, 2.05) is 36.2 Å². The van der Waals surface area contributed by atoms with E-state index >= 15 is 0 Å². The van der Waals surface area contributed by atoms with E-state index in [0.717, 1.165) is 17.7 Å². The van der Waals surface area contributed by atoms with Crippen molar-refractivity contribution in [2.45, 2.75) is 27.2 Å². The predicted molar refractivity (Wildman–Crippen MR) is 89.3 cm³/mol. The smallest absolute Gasteiger partial charge is 0.182 e. The van der Waals surface area contributed by atoms with Crippen LogP contribution in [0.2, 0.25) is 0 Å². The molecule has 2 rings (SSSR count). The fourth-order valence-corrected chi connectivity index (χ4v) is 2.50. The second-order valence-electron chi connectivity index (χ2n) is 5.68. The molecule has 0 amide bonds. The van der Waals surface area contributed by atoms with Crippen LogP contribution in [0.5, 0.6) is 0 Å². The number of carbonyl (C=O) groups is 1.